The van der Waals surface area contributed by atoms with Gasteiger partial charge in [0.1, 0.15) is 0 Å². The van der Waals surface area contributed by atoms with Crippen molar-refractivity contribution in [3.8, 4) is 0 Å². The van der Waals surface area contributed by atoms with Crippen LogP contribution in [0.25, 0.3) is 0 Å². The minimum Gasteiger partial charge on any atom is -0.339 e. The lowest BCUT2D eigenvalue weighted by Gasteiger charge is -2.37. The zero-order valence-electron chi connectivity index (χ0n) is 14.7. The summed E-state index contributed by atoms with van der Waals surface area (Å²) in [7, 11) is 0. The SMILES string of the molecule is Cc1cccc(CC(=O)N2CCN(C(=O)C3CCCCC3)CC2)c1. The molecule has 0 N–H and O–H groups in total. The van der Waals surface area contributed by atoms with Crippen LogP contribution >= 0.6 is 0 Å². The fraction of sp³-hybridized carbons (Fsp3) is 0.600. The Hall–Kier alpha value is -1.84. The maximum absolute atomic E-state index is 12.6. The van der Waals surface area contributed by atoms with Crippen molar-refractivity contribution in [3.05, 3.63) is 35.4 Å². The molecule has 2 amide bonds. The molecule has 130 valence electrons. The van der Waals surface area contributed by atoms with Crippen LogP contribution in [-0.4, -0.2) is 47.8 Å². The van der Waals surface area contributed by atoms with Crippen molar-refractivity contribution in [2.24, 2.45) is 5.92 Å². The summed E-state index contributed by atoms with van der Waals surface area (Å²) >= 11 is 0. The van der Waals surface area contributed by atoms with Gasteiger partial charge < -0.3 is 9.80 Å². The molecule has 3 rings (SSSR count). The lowest BCUT2D eigenvalue weighted by Crippen LogP contribution is -2.52. The molecule has 0 atom stereocenters. The van der Waals surface area contributed by atoms with E-state index >= 15 is 0 Å². The number of amides is 2. The van der Waals surface area contributed by atoms with Gasteiger partial charge in [0.05, 0.1) is 6.42 Å². The van der Waals surface area contributed by atoms with Crippen LogP contribution in [0.1, 0.15) is 43.2 Å². The Morgan fingerprint density at radius 1 is 1.00 bits per heavy atom. The van der Waals surface area contributed by atoms with Gasteiger partial charge in [-0.05, 0) is 25.3 Å². The first kappa shape index (κ1) is 17.0. The number of carbonyl (C=O) groups excluding carboxylic acids is 2. The molecule has 0 spiro atoms. The van der Waals surface area contributed by atoms with Crippen molar-refractivity contribution < 1.29 is 9.59 Å². The molecular weight excluding hydrogens is 300 g/mol. The Bertz CT molecular complexity index is 585. The molecule has 0 unspecified atom stereocenters. The summed E-state index contributed by atoms with van der Waals surface area (Å²) in [5.41, 5.74) is 2.25. The number of nitrogens with zero attached hydrogens (tertiary/aromatic N) is 2. The lowest BCUT2D eigenvalue weighted by molar-refractivity contribution is -0.142. The first-order valence-electron chi connectivity index (χ1n) is 9.25. The van der Waals surface area contributed by atoms with Gasteiger partial charge in [-0.25, -0.2) is 0 Å². The van der Waals surface area contributed by atoms with Gasteiger partial charge in [0.25, 0.3) is 0 Å². The van der Waals surface area contributed by atoms with Crippen LogP contribution in [0.15, 0.2) is 24.3 Å². The maximum atomic E-state index is 12.6. The monoisotopic (exact) mass is 328 g/mol. The Kier molecular flexibility index (Phi) is 5.54. The van der Waals surface area contributed by atoms with Gasteiger partial charge in [0.2, 0.25) is 11.8 Å². The van der Waals surface area contributed by atoms with E-state index in [0.717, 1.165) is 18.4 Å². The summed E-state index contributed by atoms with van der Waals surface area (Å²) in [4.78, 5) is 28.9. The van der Waals surface area contributed by atoms with Gasteiger partial charge in [-0.1, -0.05) is 49.1 Å². The Morgan fingerprint density at radius 3 is 2.33 bits per heavy atom. The van der Waals surface area contributed by atoms with Gasteiger partial charge in [0.15, 0.2) is 0 Å². The topological polar surface area (TPSA) is 40.6 Å². The highest BCUT2D eigenvalue weighted by Crippen LogP contribution is 2.25. The van der Waals surface area contributed by atoms with Crippen molar-refractivity contribution in [2.45, 2.75) is 45.4 Å². The average molecular weight is 328 g/mol. The number of rotatable bonds is 3. The number of aryl methyl sites for hydroxylation is 1. The van der Waals surface area contributed by atoms with Crippen LogP contribution in [0.3, 0.4) is 0 Å². The standard InChI is InChI=1S/C20H28N2O2/c1-16-6-5-7-17(14-16)15-19(23)21-10-12-22(13-11-21)20(24)18-8-3-2-4-9-18/h5-7,14,18H,2-4,8-13,15H2,1H3. The molecule has 1 aromatic rings. The van der Waals surface area contributed by atoms with E-state index < -0.39 is 0 Å². The van der Waals surface area contributed by atoms with Crippen LogP contribution in [0.4, 0.5) is 0 Å². The van der Waals surface area contributed by atoms with Crippen molar-refractivity contribution in [1.29, 1.82) is 0 Å². The molecule has 1 aliphatic carbocycles. The highest BCUT2D eigenvalue weighted by molar-refractivity contribution is 5.81. The fourth-order valence-electron chi connectivity index (χ4n) is 3.89. The Morgan fingerprint density at radius 2 is 1.67 bits per heavy atom. The number of benzene rings is 1. The minimum absolute atomic E-state index is 0.172. The molecule has 24 heavy (non-hydrogen) atoms. The predicted octanol–water partition coefficient (Wildman–Crippen LogP) is 2.79. The van der Waals surface area contributed by atoms with Crippen molar-refractivity contribution >= 4 is 11.8 Å². The van der Waals surface area contributed by atoms with Gasteiger partial charge >= 0.3 is 0 Å². The van der Waals surface area contributed by atoms with Gasteiger partial charge in [0, 0.05) is 32.1 Å². The maximum Gasteiger partial charge on any atom is 0.227 e. The summed E-state index contributed by atoms with van der Waals surface area (Å²) < 4.78 is 0. The van der Waals surface area contributed by atoms with E-state index in [9.17, 15) is 9.59 Å². The van der Waals surface area contributed by atoms with Crippen LogP contribution in [0.5, 0.6) is 0 Å². The quantitative estimate of drug-likeness (QED) is 0.856. The first-order chi connectivity index (χ1) is 11.6. The second-order valence-electron chi connectivity index (χ2n) is 7.21. The third kappa shape index (κ3) is 4.16. The van der Waals surface area contributed by atoms with E-state index in [4.69, 9.17) is 0 Å². The molecule has 1 saturated heterocycles. The van der Waals surface area contributed by atoms with Crippen molar-refractivity contribution in [2.75, 3.05) is 26.2 Å². The number of carbonyl (C=O) groups is 2. The molecule has 1 saturated carbocycles. The average Bonchev–Trinajstić information content (AvgIpc) is 2.62. The molecule has 2 aliphatic rings. The Labute approximate surface area is 144 Å². The van der Waals surface area contributed by atoms with Crippen LogP contribution < -0.4 is 0 Å². The van der Waals surface area contributed by atoms with E-state index in [1.54, 1.807) is 0 Å². The Balaban J connectivity index is 1.49. The number of hydrogen-bond acceptors (Lipinski definition) is 2. The van der Waals surface area contributed by atoms with Crippen LogP contribution in [0, 0.1) is 12.8 Å². The molecule has 0 bridgehead atoms. The first-order valence-corrected chi connectivity index (χ1v) is 9.25. The number of piperazine rings is 1. The lowest BCUT2D eigenvalue weighted by atomic mass is 9.88. The second kappa shape index (κ2) is 7.82. The van der Waals surface area contributed by atoms with E-state index in [2.05, 4.69) is 6.07 Å². The van der Waals surface area contributed by atoms with Crippen molar-refractivity contribution in [1.82, 2.24) is 9.80 Å². The summed E-state index contributed by atoms with van der Waals surface area (Å²) in [6.45, 7) is 4.76. The third-order valence-corrected chi connectivity index (χ3v) is 5.34. The van der Waals surface area contributed by atoms with Crippen LogP contribution in [-0.2, 0) is 16.0 Å². The summed E-state index contributed by atoms with van der Waals surface area (Å²) in [6, 6.07) is 8.12. The summed E-state index contributed by atoms with van der Waals surface area (Å²) in [5, 5.41) is 0. The van der Waals surface area contributed by atoms with E-state index in [1.165, 1.54) is 24.8 Å². The minimum atomic E-state index is 0.172. The predicted molar refractivity (Wildman–Crippen MR) is 94.6 cm³/mol. The molecule has 0 radical (unpaired) electrons. The normalized spacial score (nSPS) is 19.4. The molecule has 1 aliphatic heterocycles. The zero-order chi connectivity index (χ0) is 16.9. The molecule has 2 fully saturated rings. The highest BCUT2D eigenvalue weighted by atomic mass is 16.2. The van der Waals surface area contributed by atoms with E-state index in [-0.39, 0.29) is 11.8 Å². The second-order valence-corrected chi connectivity index (χ2v) is 7.21. The molecule has 4 nitrogen and oxygen atoms in total. The van der Waals surface area contributed by atoms with Crippen LogP contribution in [0.2, 0.25) is 0 Å². The zero-order valence-corrected chi connectivity index (χ0v) is 14.7. The van der Waals surface area contributed by atoms with Gasteiger partial charge in [-0.3, -0.25) is 9.59 Å². The van der Waals surface area contributed by atoms with Gasteiger partial charge in [-0.2, -0.15) is 0 Å². The van der Waals surface area contributed by atoms with E-state index in [1.807, 2.05) is 34.9 Å². The molecule has 1 heterocycles. The van der Waals surface area contributed by atoms with E-state index in [0.29, 0.717) is 38.5 Å². The van der Waals surface area contributed by atoms with Gasteiger partial charge in [-0.15, -0.1) is 0 Å². The summed E-state index contributed by atoms with van der Waals surface area (Å²) in [6.07, 6.45) is 6.19. The third-order valence-electron chi connectivity index (χ3n) is 5.34. The summed E-state index contributed by atoms with van der Waals surface area (Å²) in [5.74, 6) is 0.721. The largest absolute Gasteiger partial charge is 0.339 e. The molecule has 1 aromatic carbocycles. The number of hydrogen-bond donors (Lipinski definition) is 0. The molecular formula is C20H28N2O2. The molecule has 0 aromatic heterocycles. The fourth-order valence-corrected chi connectivity index (χ4v) is 3.89. The molecule has 4 heteroatoms. The smallest absolute Gasteiger partial charge is 0.227 e. The van der Waals surface area contributed by atoms with Crippen molar-refractivity contribution in [3.63, 3.8) is 0 Å². The highest BCUT2D eigenvalue weighted by Gasteiger charge is 2.29.